The zero-order chi connectivity index (χ0) is 24.7. The second kappa shape index (κ2) is 8.58. The second-order valence-electron chi connectivity index (χ2n) is 7.63. The number of rotatable bonds is 6. The third kappa shape index (κ3) is 3.75. The number of nitrogens with zero attached hydrogens (tertiary/aromatic N) is 5. The number of hydrogen-bond donors (Lipinski definition) is 0. The Hall–Kier alpha value is -4.70. The van der Waals surface area contributed by atoms with Gasteiger partial charge in [-0.3, -0.25) is 34.0 Å². The van der Waals surface area contributed by atoms with Gasteiger partial charge in [0, 0.05) is 17.7 Å². The van der Waals surface area contributed by atoms with Crippen LogP contribution in [0.2, 0.25) is 5.02 Å². The van der Waals surface area contributed by atoms with Gasteiger partial charge in [0.05, 0.1) is 38.9 Å². The van der Waals surface area contributed by atoms with Crippen molar-refractivity contribution in [1.29, 1.82) is 0 Å². The van der Waals surface area contributed by atoms with Crippen molar-refractivity contribution in [1.82, 2.24) is 19.7 Å². The summed E-state index contributed by atoms with van der Waals surface area (Å²) in [7, 11) is 0. The normalized spacial score (nSPS) is 12.7. The van der Waals surface area contributed by atoms with Crippen molar-refractivity contribution < 1.29 is 19.3 Å². The molecule has 5 rings (SSSR count). The van der Waals surface area contributed by atoms with Crippen molar-refractivity contribution >= 4 is 34.9 Å². The molecule has 4 aromatic rings. The van der Waals surface area contributed by atoms with Crippen LogP contribution in [-0.2, 0) is 6.54 Å². The number of nitro benzene ring substituents is 1. The summed E-state index contributed by atoms with van der Waals surface area (Å²) in [5.74, 6) is -1.32. The van der Waals surface area contributed by atoms with Crippen LogP contribution in [0.4, 0.5) is 5.69 Å². The predicted octanol–water partition coefficient (Wildman–Crippen LogP) is 3.86. The van der Waals surface area contributed by atoms with Gasteiger partial charge in [0.1, 0.15) is 6.33 Å². The number of halogens is 1. The van der Waals surface area contributed by atoms with Crippen LogP contribution in [0.25, 0.3) is 5.69 Å². The van der Waals surface area contributed by atoms with E-state index >= 15 is 0 Å². The first-order chi connectivity index (χ1) is 16.9. The molecule has 0 radical (unpaired) electrons. The number of carbonyl (C=O) groups is 3. The zero-order valence-corrected chi connectivity index (χ0v) is 18.5. The van der Waals surface area contributed by atoms with E-state index in [0.717, 1.165) is 11.0 Å². The highest BCUT2D eigenvalue weighted by atomic mass is 35.5. The monoisotopic (exact) mass is 487 g/mol. The first kappa shape index (κ1) is 22.1. The lowest BCUT2D eigenvalue weighted by Crippen LogP contribution is -2.30. The number of aromatic nitrogens is 3. The largest absolute Gasteiger partial charge is 0.288 e. The van der Waals surface area contributed by atoms with Crippen molar-refractivity contribution in [2.24, 2.45) is 0 Å². The first-order valence-corrected chi connectivity index (χ1v) is 10.7. The molecule has 35 heavy (non-hydrogen) atoms. The van der Waals surface area contributed by atoms with E-state index in [-0.39, 0.29) is 51.0 Å². The maximum Gasteiger partial charge on any atom is 0.270 e. The second-order valence-corrected chi connectivity index (χ2v) is 8.03. The van der Waals surface area contributed by atoms with Crippen LogP contribution >= 0.6 is 11.6 Å². The van der Waals surface area contributed by atoms with E-state index in [9.17, 15) is 24.5 Å². The molecule has 0 spiro atoms. The molecule has 0 N–H and O–H groups in total. The van der Waals surface area contributed by atoms with Crippen LogP contribution < -0.4 is 0 Å². The number of amides is 2. The van der Waals surface area contributed by atoms with Crippen molar-refractivity contribution in [3.8, 4) is 5.69 Å². The minimum atomic E-state index is -0.612. The van der Waals surface area contributed by atoms with E-state index in [1.165, 1.54) is 35.2 Å². The predicted molar refractivity (Wildman–Crippen MR) is 124 cm³/mol. The fourth-order valence-corrected chi connectivity index (χ4v) is 4.13. The highest BCUT2D eigenvalue weighted by Crippen LogP contribution is 2.29. The maximum absolute atomic E-state index is 13.4. The van der Waals surface area contributed by atoms with Gasteiger partial charge in [-0.2, -0.15) is 0 Å². The summed E-state index contributed by atoms with van der Waals surface area (Å²) in [6, 6.07) is 16.6. The molecule has 3 aromatic carbocycles. The SMILES string of the molecule is O=C(c1ccccc1Cl)c1cc([N+](=O)[O-])ccc1-n1cnnc1CN1C(=O)c2ccccc2C1=O. The molecule has 0 aliphatic carbocycles. The molecule has 1 aromatic heterocycles. The van der Waals surface area contributed by atoms with Crippen LogP contribution in [0.3, 0.4) is 0 Å². The summed E-state index contributed by atoms with van der Waals surface area (Å²) in [5.41, 5.74) is 0.653. The van der Waals surface area contributed by atoms with Gasteiger partial charge in [-0.15, -0.1) is 10.2 Å². The molecule has 0 saturated heterocycles. The molecule has 0 unspecified atom stereocenters. The van der Waals surface area contributed by atoms with Gasteiger partial charge in [-0.25, -0.2) is 0 Å². The van der Waals surface area contributed by atoms with Crippen LogP contribution in [-0.4, -0.2) is 42.2 Å². The molecule has 1 aliphatic rings. The van der Waals surface area contributed by atoms with Gasteiger partial charge >= 0.3 is 0 Å². The fraction of sp³-hybridized carbons (Fsp3) is 0.0417. The summed E-state index contributed by atoms with van der Waals surface area (Å²) in [5, 5.41) is 19.5. The molecule has 0 atom stereocenters. The Morgan fingerprint density at radius 3 is 2.26 bits per heavy atom. The van der Waals surface area contributed by atoms with Gasteiger partial charge in [0.2, 0.25) is 0 Å². The topological polar surface area (TPSA) is 128 Å². The Labute approximate surface area is 202 Å². The minimum Gasteiger partial charge on any atom is -0.288 e. The van der Waals surface area contributed by atoms with Crippen LogP contribution in [0.15, 0.2) is 73.1 Å². The Morgan fingerprint density at radius 1 is 0.943 bits per heavy atom. The highest BCUT2D eigenvalue weighted by molar-refractivity contribution is 6.35. The van der Waals surface area contributed by atoms with Gasteiger partial charge in [0.25, 0.3) is 17.5 Å². The lowest BCUT2D eigenvalue weighted by atomic mass is 10.0. The van der Waals surface area contributed by atoms with Crippen molar-refractivity contribution in [3.05, 3.63) is 116 Å². The molecule has 0 saturated carbocycles. The third-order valence-electron chi connectivity index (χ3n) is 5.61. The lowest BCUT2D eigenvalue weighted by Gasteiger charge is -2.16. The van der Waals surface area contributed by atoms with E-state index in [0.29, 0.717) is 0 Å². The fourth-order valence-electron chi connectivity index (χ4n) is 3.91. The quantitative estimate of drug-likeness (QED) is 0.175. The smallest absolute Gasteiger partial charge is 0.270 e. The molecule has 0 bridgehead atoms. The summed E-state index contributed by atoms with van der Waals surface area (Å²) in [6.07, 6.45) is 1.30. The average Bonchev–Trinajstić information content (AvgIpc) is 3.42. The Kier molecular flexibility index (Phi) is 5.42. The van der Waals surface area contributed by atoms with E-state index in [4.69, 9.17) is 11.6 Å². The minimum absolute atomic E-state index is 0.0179. The Balaban J connectivity index is 1.57. The lowest BCUT2D eigenvalue weighted by molar-refractivity contribution is -0.384. The third-order valence-corrected chi connectivity index (χ3v) is 5.94. The molecule has 0 fully saturated rings. The van der Waals surface area contributed by atoms with Gasteiger partial charge < -0.3 is 0 Å². The van der Waals surface area contributed by atoms with Crippen LogP contribution in [0.1, 0.15) is 42.5 Å². The Bertz CT molecular complexity index is 1510. The average molecular weight is 488 g/mol. The number of ketones is 1. The molecule has 2 heterocycles. The number of non-ortho nitro benzene ring substituents is 1. The zero-order valence-electron chi connectivity index (χ0n) is 17.8. The van der Waals surface area contributed by atoms with E-state index < -0.39 is 22.5 Å². The number of carbonyl (C=O) groups excluding carboxylic acids is 3. The van der Waals surface area contributed by atoms with Crippen LogP contribution in [0.5, 0.6) is 0 Å². The molecule has 2 amide bonds. The molecule has 172 valence electrons. The van der Waals surface area contributed by atoms with Crippen molar-refractivity contribution in [2.45, 2.75) is 6.54 Å². The molecule has 10 nitrogen and oxygen atoms in total. The van der Waals surface area contributed by atoms with Crippen molar-refractivity contribution in [2.75, 3.05) is 0 Å². The maximum atomic E-state index is 13.4. The number of hydrogen-bond acceptors (Lipinski definition) is 7. The number of imide groups is 1. The van der Waals surface area contributed by atoms with Gasteiger partial charge in [-0.05, 0) is 30.3 Å². The summed E-state index contributed by atoms with van der Waals surface area (Å²) < 4.78 is 1.41. The highest BCUT2D eigenvalue weighted by Gasteiger charge is 2.36. The first-order valence-electron chi connectivity index (χ1n) is 10.3. The molecular formula is C24H14ClN5O5. The number of benzene rings is 3. The van der Waals surface area contributed by atoms with E-state index in [1.54, 1.807) is 36.4 Å². The summed E-state index contributed by atoms with van der Waals surface area (Å²) in [6.45, 7) is -0.219. The number of fused-ring (bicyclic) bond motifs is 1. The Morgan fingerprint density at radius 2 is 1.60 bits per heavy atom. The molecule has 11 heteroatoms. The van der Waals surface area contributed by atoms with E-state index in [2.05, 4.69) is 10.2 Å². The summed E-state index contributed by atoms with van der Waals surface area (Å²) >= 11 is 6.20. The molecule has 1 aliphatic heterocycles. The van der Waals surface area contributed by atoms with Gasteiger partial charge in [-0.1, -0.05) is 35.9 Å². The van der Waals surface area contributed by atoms with Crippen molar-refractivity contribution in [3.63, 3.8) is 0 Å². The van der Waals surface area contributed by atoms with Gasteiger partial charge in [0.15, 0.2) is 11.6 Å². The van der Waals surface area contributed by atoms with E-state index in [1.807, 2.05) is 0 Å². The standard InChI is InChI=1S/C24H14ClN5O5/c25-19-8-4-3-7-17(19)22(31)18-11-14(30(34)35)9-10-20(18)29-13-26-27-21(29)12-28-23(32)15-5-1-2-6-16(15)24(28)33/h1-11,13H,12H2. The summed E-state index contributed by atoms with van der Waals surface area (Å²) in [4.78, 5) is 50.8. The number of nitro groups is 1. The van der Waals surface area contributed by atoms with Crippen LogP contribution in [0, 0.1) is 10.1 Å². The molecular weight excluding hydrogens is 474 g/mol.